The molecule has 0 saturated heterocycles. The fraction of sp³-hybridized carbons (Fsp3) is 0.188. The summed E-state index contributed by atoms with van der Waals surface area (Å²) < 4.78 is 5.40. The van der Waals surface area contributed by atoms with E-state index in [1.807, 2.05) is 18.2 Å². The molecule has 0 radical (unpaired) electrons. The highest BCUT2D eigenvalue weighted by Crippen LogP contribution is 2.25. The number of benzene rings is 2. The second kappa shape index (κ2) is 7.84. The van der Waals surface area contributed by atoms with Crippen molar-refractivity contribution < 1.29 is 9.53 Å². The van der Waals surface area contributed by atoms with Gasteiger partial charge in [-0.2, -0.15) is 0 Å². The molecule has 0 aromatic heterocycles. The van der Waals surface area contributed by atoms with Crippen LogP contribution in [0.1, 0.15) is 22.0 Å². The van der Waals surface area contributed by atoms with E-state index in [0.29, 0.717) is 20.6 Å². The molecular weight excluding hydrogens is 345 g/mol. The predicted octanol–water partition coefficient (Wildman–Crippen LogP) is 4.76. The highest BCUT2D eigenvalue weighted by molar-refractivity contribution is 6.35. The van der Waals surface area contributed by atoms with Gasteiger partial charge in [0.05, 0.1) is 10.6 Å². The van der Waals surface area contributed by atoms with Gasteiger partial charge in [0.25, 0.3) is 5.91 Å². The lowest BCUT2D eigenvalue weighted by Gasteiger charge is -2.18. The summed E-state index contributed by atoms with van der Waals surface area (Å²) in [7, 11) is 1.56. The van der Waals surface area contributed by atoms with Crippen molar-refractivity contribution in [1.82, 2.24) is 5.32 Å². The van der Waals surface area contributed by atoms with Crippen molar-refractivity contribution in [3.05, 3.63) is 68.7 Å². The summed E-state index contributed by atoms with van der Waals surface area (Å²) in [5.41, 5.74) is 1.13. The molecular formula is C16H14Cl3NO2. The summed E-state index contributed by atoms with van der Waals surface area (Å²) in [5.74, 6) is -0.318. The Labute approximate surface area is 144 Å². The molecule has 1 N–H and O–H groups in total. The van der Waals surface area contributed by atoms with Crippen LogP contribution < -0.4 is 5.32 Å². The number of amides is 1. The first-order chi connectivity index (χ1) is 10.5. The molecule has 2 aromatic carbocycles. The maximum absolute atomic E-state index is 12.2. The number of halogens is 3. The Morgan fingerprint density at radius 1 is 1.14 bits per heavy atom. The quantitative estimate of drug-likeness (QED) is 0.836. The van der Waals surface area contributed by atoms with Crippen LogP contribution in [0, 0.1) is 0 Å². The summed E-state index contributed by atoms with van der Waals surface area (Å²) in [6.45, 7) is 0.266. The number of rotatable bonds is 5. The molecule has 1 unspecified atom stereocenters. The molecule has 0 heterocycles. The van der Waals surface area contributed by atoms with Crippen LogP contribution in [0.4, 0.5) is 0 Å². The summed E-state index contributed by atoms with van der Waals surface area (Å²) in [4.78, 5) is 12.2. The molecule has 0 aliphatic heterocycles. The van der Waals surface area contributed by atoms with E-state index in [2.05, 4.69) is 5.32 Å². The van der Waals surface area contributed by atoms with Gasteiger partial charge < -0.3 is 10.1 Å². The molecule has 0 spiro atoms. The summed E-state index contributed by atoms with van der Waals surface area (Å²) >= 11 is 18.0. The summed E-state index contributed by atoms with van der Waals surface area (Å²) in [6, 6.07) is 12.1. The van der Waals surface area contributed by atoms with Crippen LogP contribution in [0.5, 0.6) is 0 Å². The van der Waals surface area contributed by atoms with Gasteiger partial charge in [-0.1, -0.05) is 53.0 Å². The molecule has 2 rings (SSSR count). The van der Waals surface area contributed by atoms with Crippen LogP contribution in [-0.4, -0.2) is 19.6 Å². The van der Waals surface area contributed by atoms with E-state index in [4.69, 9.17) is 39.5 Å². The molecule has 3 nitrogen and oxygen atoms in total. The lowest BCUT2D eigenvalue weighted by atomic mass is 10.1. The van der Waals surface area contributed by atoms with Crippen LogP contribution in [0.25, 0.3) is 0 Å². The molecule has 0 saturated carbocycles. The predicted molar refractivity (Wildman–Crippen MR) is 90.0 cm³/mol. The van der Waals surface area contributed by atoms with Crippen molar-refractivity contribution in [2.24, 2.45) is 0 Å². The molecule has 6 heteroatoms. The zero-order chi connectivity index (χ0) is 16.1. The number of hydrogen-bond donors (Lipinski definition) is 1. The number of methoxy groups -OCH3 is 1. The van der Waals surface area contributed by atoms with Gasteiger partial charge in [-0.15, -0.1) is 0 Å². The normalized spacial score (nSPS) is 12.0. The van der Waals surface area contributed by atoms with Gasteiger partial charge in [0, 0.05) is 29.3 Å². The van der Waals surface area contributed by atoms with Crippen molar-refractivity contribution in [3.63, 3.8) is 0 Å². The minimum absolute atomic E-state index is 0.266. The number of carbonyl (C=O) groups excluding carboxylic acids is 1. The molecule has 116 valence electrons. The Hall–Kier alpha value is -1.26. The van der Waals surface area contributed by atoms with Gasteiger partial charge in [-0.05, 0) is 24.3 Å². The first kappa shape index (κ1) is 17.1. The van der Waals surface area contributed by atoms with Crippen LogP contribution in [0.15, 0.2) is 42.5 Å². The number of ether oxygens (including phenoxy) is 1. The monoisotopic (exact) mass is 357 g/mol. The van der Waals surface area contributed by atoms with Gasteiger partial charge in [-0.25, -0.2) is 0 Å². The zero-order valence-corrected chi connectivity index (χ0v) is 14.0. The van der Waals surface area contributed by atoms with E-state index in [-0.39, 0.29) is 18.6 Å². The Balaban J connectivity index is 2.09. The first-order valence-corrected chi connectivity index (χ1v) is 7.66. The number of nitrogens with one attached hydrogen (secondary N) is 1. The van der Waals surface area contributed by atoms with E-state index < -0.39 is 0 Å². The van der Waals surface area contributed by atoms with Crippen LogP contribution in [0.2, 0.25) is 15.1 Å². The van der Waals surface area contributed by atoms with E-state index in [1.54, 1.807) is 25.3 Å². The van der Waals surface area contributed by atoms with Crippen LogP contribution in [-0.2, 0) is 4.74 Å². The fourth-order valence-electron chi connectivity index (χ4n) is 2.01. The van der Waals surface area contributed by atoms with Crippen molar-refractivity contribution in [3.8, 4) is 0 Å². The Kier molecular flexibility index (Phi) is 6.09. The Morgan fingerprint density at radius 3 is 2.55 bits per heavy atom. The Bertz CT molecular complexity index is 676. The van der Waals surface area contributed by atoms with Gasteiger partial charge in [0.1, 0.15) is 6.10 Å². The van der Waals surface area contributed by atoms with Crippen LogP contribution >= 0.6 is 34.8 Å². The smallest absolute Gasteiger partial charge is 0.252 e. The molecule has 1 atom stereocenters. The molecule has 0 fully saturated rings. The van der Waals surface area contributed by atoms with Crippen molar-refractivity contribution in [2.45, 2.75) is 6.10 Å². The minimum atomic E-state index is -0.351. The van der Waals surface area contributed by atoms with Gasteiger partial charge in [0.2, 0.25) is 0 Å². The maximum Gasteiger partial charge on any atom is 0.252 e. The third-order valence-corrected chi connectivity index (χ3v) is 4.07. The fourth-order valence-corrected chi connectivity index (χ4v) is 2.64. The largest absolute Gasteiger partial charge is 0.375 e. The van der Waals surface area contributed by atoms with Crippen molar-refractivity contribution in [2.75, 3.05) is 13.7 Å². The van der Waals surface area contributed by atoms with Crippen molar-refractivity contribution in [1.29, 1.82) is 0 Å². The van der Waals surface area contributed by atoms with Crippen molar-refractivity contribution >= 4 is 40.7 Å². The number of carbonyl (C=O) groups is 1. The van der Waals surface area contributed by atoms with E-state index in [9.17, 15) is 4.79 Å². The maximum atomic E-state index is 12.2. The second-order valence-corrected chi connectivity index (χ2v) is 5.83. The third kappa shape index (κ3) is 4.14. The van der Waals surface area contributed by atoms with E-state index in [1.165, 1.54) is 6.07 Å². The average Bonchev–Trinajstić information content (AvgIpc) is 2.51. The minimum Gasteiger partial charge on any atom is -0.375 e. The van der Waals surface area contributed by atoms with E-state index in [0.717, 1.165) is 5.56 Å². The first-order valence-electron chi connectivity index (χ1n) is 6.53. The van der Waals surface area contributed by atoms with Gasteiger partial charge in [-0.3, -0.25) is 4.79 Å². The third-order valence-electron chi connectivity index (χ3n) is 3.16. The standard InChI is InChI=1S/C16H14Cl3NO2/c1-22-15(11-4-2-3-5-13(11)18)9-20-16(21)12-8-10(17)6-7-14(12)19/h2-8,15H,9H2,1H3,(H,20,21). The molecule has 0 aliphatic rings. The molecule has 0 aliphatic carbocycles. The summed E-state index contributed by atoms with van der Waals surface area (Å²) in [5, 5.41) is 4.15. The van der Waals surface area contributed by atoms with Gasteiger partial charge >= 0.3 is 0 Å². The molecule has 22 heavy (non-hydrogen) atoms. The molecule has 2 aromatic rings. The van der Waals surface area contributed by atoms with E-state index >= 15 is 0 Å². The highest BCUT2D eigenvalue weighted by atomic mass is 35.5. The average molecular weight is 359 g/mol. The number of hydrogen-bond acceptors (Lipinski definition) is 2. The Morgan fingerprint density at radius 2 is 1.86 bits per heavy atom. The SMILES string of the molecule is COC(CNC(=O)c1cc(Cl)ccc1Cl)c1ccccc1Cl. The zero-order valence-electron chi connectivity index (χ0n) is 11.8. The second-order valence-electron chi connectivity index (χ2n) is 4.58. The van der Waals surface area contributed by atoms with Gasteiger partial charge in [0.15, 0.2) is 0 Å². The molecule has 0 bridgehead atoms. The topological polar surface area (TPSA) is 38.3 Å². The highest BCUT2D eigenvalue weighted by Gasteiger charge is 2.17. The lowest BCUT2D eigenvalue weighted by molar-refractivity contribution is 0.0828. The molecule has 1 amide bonds. The summed E-state index contributed by atoms with van der Waals surface area (Å²) in [6.07, 6.45) is -0.351. The lowest BCUT2D eigenvalue weighted by Crippen LogP contribution is -2.29. The van der Waals surface area contributed by atoms with Crippen LogP contribution in [0.3, 0.4) is 0 Å².